The molecule has 0 spiro atoms. The number of hydrogen-bond donors (Lipinski definition) is 0. The SMILES string of the molecule is C#CCN(C[18F])C(C)Cc1ccccc1. The first-order valence-electron chi connectivity index (χ1n) is 5.05. The lowest BCUT2D eigenvalue weighted by Crippen LogP contribution is -2.34. The molecule has 1 aromatic rings. The Hall–Kier alpha value is -1.33. The third kappa shape index (κ3) is 3.73. The summed E-state index contributed by atoms with van der Waals surface area (Å²) in [5, 5.41) is 0. The third-order valence-corrected chi connectivity index (χ3v) is 2.45. The first-order valence-corrected chi connectivity index (χ1v) is 5.05. The summed E-state index contributed by atoms with van der Waals surface area (Å²) in [6, 6.07) is 10.2. The van der Waals surface area contributed by atoms with Gasteiger partial charge in [-0.25, -0.2) is 4.39 Å². The van der Waals surface area contributed by atoms with E-state index in [1.807, 2.05) is 37.3 Å². The molecule has 0 aromatic heterocycles. The summed E-state index contributed by atoms with van der Waals surface area (Å²) in [5.74, 6) is 2.47. The highest BCUT2D eigenvalue weighted by atomic mass is 18.2. The molecule has 0 aliphatic carbocycles. The van der Waals surface area contributed by atoms with Gasteiger partial charge in [0, 0.05) is 6.04 Å². The molecule has 1 rings (SSSR count). The first kappa shape index (κ1) is 11.7. The highest BCUT2D eigenvalue weighted by molar-refractivity contribution is 5.15. The fourth-order valence-electron chi connectivity index (χ4n) is 1.52. The molecule has 2 heteroatoms. The van der Waals surface area contributed by atoms with Crippen LogP contribution < -0.4 is 0 Å². The molecule has 15 heavy (non-hydrogen) atoms. The van der Waals surface area contributed by atoms with E-state index in [2.05, 4.69) is 5.92 Å². The molecule has 0 aliphatic rings. The summed E-state index contributed by atoms with van der Waals surface area (Å²) >= 11 is 0. The molecule has 1 nitrogen and oxygen atoms in total. The van der Waals surface area contributed by atoms with E-state index in [9.17, 15) is 4.39 Å². The zero-order chi connectivity index (χ0) is 11.1. The predicted molar refractivity (Wildman–Crippen MR) is 61.1 cm³/mol. The molecule has 1 aromatic carbocycles. The van der Waals surface area contributed by atoms with Gasteiger partial charge in [0.2, 0.25) is 0 Å². The Morgan fingerprint density at radius 2 is 2.07 bits per heavy atom. The molecule has 0 amide bonds. The van der Waals surface area contributed by atoms with Crippen molar-refractivity contribution in [2.75, 3.05) is 13.3 Å². The molecule has 0 N–H and O–H groups in total. The van der Waals surface area contributed by atoms with Crippen LogP contribution in [0, 0.1) is 12.3 Å². The molecule has 0 saturated heterocycles. The lowest BCUT2D eigenvalue weighted by atomic mass is 10.1. The summed E-state index contributed by atoms with van der Waals surface area (Å²) in [4.78, 5) is 1.65. The van der Waals surface area contributed by atoms with Crippen molar-refractivity contribution in [2.24, 2.45) is 0 Å². The molecule has 0 bridgehead atoms. The van der Waals surface area contributed by atoms with Gasteiger partial charge in [-0.15, -0.1) is 6.42 Å². The minimum Gasteiger partial charge on any atom is -0.262 e. The van der Waals surface area contributed by atoms with E-state index < -0.39 is 6.80 Å². The zero-order valence-corrected chi connectivity index (χ0v) is 8.99. The number of alkyl halides is 1. The molecule has 0 radical (unpaired) electrons. The van der Waals surface area contributed by atoms with E-state index in [1.165, 1.54) is 5.56 Å². The van der Waals surface area contributed by atoms with E-state index in [0.717, 1.165) is 6.42 Å². The van der Waals surface area contributed by atoms with Gasteiger partial charge in [-0.2, -0.15) is 0 Å². The van der Waals surface area contributed by atoms with Crippen molar-refractivity contribution >= 4 is 0 Å². The van der Waals surface area contributed by atoms with E-state index in [4.69, 9.17) is 6.42 Å². The van der Waals surface area contributed by atoms with Crippen LogP contribution in [-0.4, -0.2) is 24.3 Å². The number of hydrogen-bond acceptors (Lipinski definition) is 1. The van der Waals surface area contributed by atoms with Crippen LogP contribution in [0.3, 0.4) is 0 Å². The van der Waals surface area contributed by atoms with Crippen LogP contribution in [0.2, 0.25) is 0 Å². The normalized spacial score (nSPS) is 12.4. The zero-order valence-electron chi connectivity index (χ0n) is 8.99. The van der Waals surface area contributed by atoms with Crippen LogP contribution in [0.1, 0.15) is 12.5 Å². The topological polar surface area (TPSA) is 3.24 Å². The van der Waals surface area contributed by atoms with Gasteiger partial charge in [-0.05, 0) is 18.9 Å². The van der Waals surface area contributed by atoms with E-state index in [0.29, 0.717) is 6.54 Å². The van der Waals surface area contributed by atoms with Gasteiger partial charge in [0.15, 0.2) is 0 Å². The Labute approximate surface area is 90.9 Å². The second-order valence-corrected chi connectivity index (χ2v) is 3.61. The standard InChI is InChI=1S/C13H16FN/c1-3-9-15(11-14)12(2)10-13-7-5-4-6-8-13/h1,4-8,12H,9-11H2,2H3/i14-1. The number of terminal acetylenes is 1. The molecule has 0 heterocycles. The monoisotopic (exact) mass is 204 g/mol. The Bertz CT molecular complexity index is 315. The summed E-state index contributed by atoms with van der Waals surface area (Å²) in [7, 11) is 0. The summed E-state index contributed by atoms with van der Waals surface area (Å²) in [6.07, 6.45) is 6.00. The van der Waals surface area contributed by atoms with Crippen molar-refractivity contribution in [3.05, 3.63) is 35.9 Å². The van der Waals surface area contributed by atoms with Crippen LogP contribution in [-0.2, 0) is 6.42 Å². The Morgan fingerprint density at radius 1 is 1.40 bits per heavy atom. The molecule has 1 atom stereocenters. The van der Waals surface area contributed by atoms with Gasteiger partial charge in [-0.1, -0.05) is 36.3 Å². The predicted octanol–water partition coefficient (Wildman–Crippen LogP) is 2.48. The van der Waals surface area contributed by atoms with Crippen molar-refractivity contribution in [3.63, 3.8) is 0 Å². The molecule has 1 unspecified atom stereocenters. The smallest absolute Gasteiger partial charge is 0.144 e. The number of halogens is 1. The molecule has 0 fully saturated rings. The summed E-state index contributed by atoms with van der Waals surface area (Å²) < 4.78 is 12.6. The second kappa shape index (κ2) is 6.21. The Balaban J connectivity index is 2.54. The molecular formula is C13H16FN. The van der Waals surface area contributed by atoms with Gasteiger partial charge < -0.3 is 0 Å². The first-order chi connectivity index (χ1) is 7.27. The van der Waals surface area contributed by atoms with Gasteiger partial charge in [0.1, 0.15) is 6.80 Å². The van der Waals surface area contributed by atoms with Crippen LogP contribution in [0.15, 0.2) is 30.3 Å². The van der Waals surface area contributed by atoms with Crippen LogP contribution >= 0.6 is 0 Å². The summed E-state index contributed by atoms with van der Waals surface area (Å²) in [6.45, 7) is 1.87. The number of rotatable bonds is 5. The lowest BCUT2D eigenvalue weighted by Gasteiger charge is -2.23. The van der Waals surface area contributed by atoms with E-state index in [1.54, 1.807) is 4.90 Å². The van der Waals surface area contributed by atoms with Gasteiger partial charge >= 0.3 is 0 Å². The van der Waals surface area contributed by atoms with Gasteiger partial charge in [-0.3, -0.25) is 4.90 Å². The molecule has 80 valence electrons. The largest absolute Gasteiger partial charge is 0.262 e. The molecule has 0 saturated carbocycles. The number of benzene rings is 1. The van der Waals surface area contributed by atoms with Crippen molar-refractivity contribution < 1.29 is 4.39 Å². The van der Waals surface area contributed by atoms with E-state index in [-0.39, 0.29) is 6.04 Å². The summed E-state index contributed by atoms with van der Waals surface area (Å²) in [5.41, 5.74) is 1.21. The fourth-order valence-corrected chi connectivity index (χ4v) is 1.52. The highest BCUT2D eigenvalue weighted by Crippen LogP contribution is 2.08. The van der Waals surface area contributed by atoms with Gasteiger partial charge in [0.25, 0.3) is 0 Å². The van der Waals surface area contributed by atoms with Crippen LogP contribution in [0.5, 0.6) is 0 Å². The number of nitrogens with zero attached hydrogens (tertiary/aromatic N) is 1. The maximum Gasteiger partial charge on any atom is 0.144 e. The minimum absolute atomic E-state index is 0.133. The van der Waals surface area contributed by atoms with Crippen molar-refractivity contribution in [3.8, 4) is 12.3 Å². The Kier molecular flexibility index (Phi) is 4.86. The quantitative estimate of drug-likeness (QED) is 0.526. The fraction of sp³-hybridized carbons (Fsp3) is 0.385. The highest BCUT2D eigenvalue weighted by Gasteiger charge is 2.12. The van der Waals surface area contributed by atoms with Crippen molar-refractivity contribution in [2.45, 2.75) is 19.4 Å². The van der Waals surface area contributed by atoms with Crippen LogP contribution in [0.25, 0.3) is 0 Å². The maximum atomic E-state index is 12.6. The average molecular weight is 204 g/mol. The van der Waals surface area contributed by atoms with Gasteiger partial charge in [0.05, 0.1) is 6.54 Å². The van der Waals surface area contributed by atoms with Crippen molar-refractivity contribution in [1.29, 1.82) is 0 Å². The minimum atomic E-state index is -0.488. The molecule has 0 aliphatic heterocycles. The average Bonchev–Trinajstić information content (AvgIpc) is 2.27. The Morgan fingerprint density at radius 3 is 2.60 bits per heavy atom. The lowest BCUT2D eigenvalue weighted by molar-refractivity contribution is 0.156. The molecular weight excluding hydrogens is 188 g/mol. The second-order valence-electron chi connectivity index (χ2n) is 3.61. The van der Waals surface area contributed by atoms with E-state index >= 15 is 0 Å². The maximum absolute atomic E-state index is 12.6. The third-order valence-electron chi connectivity index (χ3n) is 2.45. The van der Waals surface area contributed by atoms with Crippen molar-refractivity contribution in [1.82, 2.24) is 4.90 Å². The van der Waals surface area contributed by atoms with Crippen LogP contribution in [0.4, 0.5) is 4.39 Å².